The minimum absolute atomic E-state index is 0.0183. The van der Waals surface area contributed by atoms with Gasteiger partial charge >= 0.3 is 0 Å². The summed E-state index contributed by atoms with van der Waals surface area (Å²) in [5.41, 5.74) is 2.02. The van der Waals surface area contributed by atoms with E-state index in [9.17, 15) is 13.2 Å². The minimum Gasteiger partial charge on any atom is -0.497 e. The van der Waals surface area contributed by atoms with Gasteiger partial charge in [0.15, 0.2) is 0 Å². The molecule has 2 aromatic carbocycles. The highest BCUT2D eigenvalue weighted by molar-refractivity contribution is 7.92. The summed E-state index contributed by atoms with van der Waals surface area (Å²) in [5.74, 6) is 0.992. The maximum atomic E-state index is 12.8. The van der Waals surface area contributed by atoms with E-state index in [4.69, 9.17) is 4.74 Å². The number of hydrogen-bond donors (Lipinski definition) is 1. The molecular weight excluding hydrogens is 388 g/mol. The molecule has 0 bridgehead atoms. The number of sulfonamides is 1. The molecule has 1 atom stereocenters. The van der Waals surface area contributed by atoms with E-state index >= 15 is 0 Å². The Morgan fingerprint density at radius 1 is 1.07 bits per heavy atom. The van der Waals surface area contributed by atoms with Gasteiger partial charge in [0.05, 0.1) is 24.6 Å². The third-order valence-corrected chi connectivity index (χ3v) is 6.58. The van der Waals surface area contributed by atoms with E-state index in [-0.39, 0.29) is 17.7 Å². The van der Waals surface area contributed by atoms with Crippen LogP contribution in [0.5, 0.6) is 5.75 Å². The third-order valence-electron chi connectivity index (χ3n) is 4.81. The van der Waals surface area contributed by atoms with Crippen LogP contribution < -0.4 is 14.4 Å². The first-order chi connectivity index (χ1) is 13.7. The normalized spacial score (nSPS) is 12.5. The predicted molar refractivity (Wildman–Crippen MR) is 117 cm³/mol. The lowest BCUT2D eigenvalue weighted by molar-refractivity contribution is 0.0932. The fourth-order valence-electron chi connectivity index (χ4n) is 3.00. The molecule has 158 valence electrons. The summed E-state index contributed by atoms with van der Waals surface area (Å²) >= 11 is 0. The molecule has 2 aromatic rings. The molecule has 0 fully saturated rings. The fourth-order valence-corrected chi connectivity index (χ4v) is 3.83. The summed E-state index contributed by atoms with van der Waals surface area (Å²) in [6.45, 7) is 5.82. The number of anilines is 1. The van der Waals surface area contributed by atoms with Crippen LogP contribution in [0.3, 0.4) is 0 Å². The van der Waals surface area contributed by atoms with Crippen LogP contribution in [0.25, 0.3) is 0 Å². The number of carbonyl (C=O) groups is 1. The van der Waals surface area contributed by atoms with Crippen molar-refractivity contribution < 1.29 is 17.9 Å². The van der Waals surface area contributed by atoms with Crippen molar-refractivity contribution in [1.29, 1.82) is 0 Å². The number of nitrogens with one attached hydrogen (secondary N) is 1. The number of amides is 1. The zero-order valence-corrected chi connectivity index (χ0v) is 18.5. The molecule has 0 saturated heterocycles. The molecular formula is C22H30N2O4S. The summed E-state index contributed by atoms with van der Waals surface area (Å²) in [6, 6.07) is 14.1. The summed E-state index contributed by atoms with van der Waals surface area (Å²) in [5, 5.41) is 3.10. The van der Waals surface area contributed by atoms with Crippen molar-refractivity contribution >= 4 is 21.6 Å². The number of carbonyl (C=O) groups excluding carboxylic acids is 1. The highest BCUT2D eigenvalue weighted by Crippen LogP contribution is 2.24. The Morgan fingerprint density at radius 2 is 1.66 bits per heavy atom. The van der Waals surface area contributed by atoms with E-state index in [0.29, 0.717) is 17.2 Å². The molecule has 1 amide bonds. The Kier molecular flexibility index (Phi) is 7.67. The number of benzene rings is 2. The zero-order chi connectivity index (χ0) is 21.6. The van der Waals surface area contributed by atoms with Crippen molar-refractivity contribution in [1.82, 2.24) is 5.32 Å². The van der Waals surface area contributed by atoms with Crippen molar-refractivity contribution in [3.8, 4) is 5.75 Å². The van der Waals surface area contributed by atoms with Gasteiger partial charge in [0, 0.05) is 12.6 Å². The molecule has 0 aromatic heterocycles. The van der Waals surface area contributed by atoms with Gasteiger partial charge in [0.1, 0.15) is 5.75 Å². The zero-order valence-electron chi connectivity index (χ0n) is 17.7. The Hall–Kier alpha value is -2.54. The van der Waals surface area contributed by atoms with Gasteiger partial charge in [-0.3, -0.25) is 9.10 Å². The van der Waals surface area contributed by atoms with E-state index in [1.165, 1.54) is 11.4 Å². The molecule has 2 rings (SSSR count). The second-order valence-electron chi connectivity index (χ2n) is 7.34. The van der Waals surface area contributed by atoms with Gasteiger partial charge in [-0.25, -0.2) is 8.42 Å². The van der Waals surface area contributed by atoms with E-state index in [2.05, 4.69) is 19.2 Å². The van der Waals surface area contributed by atoms with Gasteiger partial charge in [0.2, 0.25) is 10.0 Å². The number of hydrogen-bond acceptors (Lipinski definition) is 4. The van der Waals surface area contributed by atoms with Gasteiger partial charge in [0.25, 0.3) is 5.91 Å². The number of rotatable bonds is 9. The van der Waals surface area contributed by atoms with Crippen LogP contribution in [0.4, 0.5) is 5.69 Å². The molecule has 0 unspecified atom stereocenters. The lowest BCUT2D eigenvalue weighted by atomic mass is 9.96. The Morgan fingerprint density at radius 3 is 2.14 bits per heavy atom. The molecule has 1 N–H and O–H groups in total. The molecule has 0 aliphatic carbocycles. The van der Waals surface area contributed by atoms with Crippen LogP contribution in [0.15, 0.2) is 48.5 Å². The summed E-state index contributed by atoms with van der Waals surface area (Å²) < 4.78 is 30.5. The first-order valence-corrected chi connectivity index (χ1v) is 11.3. The first-order valence-electron chi connectivity index (χ1n) is 9.69. The van der Waals surface area contributed by atoms with Gasteiger partial charge in [-0.05, 0) is 61.2 Å². The lowest BCUT2D eigenvalue weighted by Crippen LogP contribution is -2.30. The van der Waals surface area contributed by atoms with E-state index < -0.39 is 10.0 Å². The van der Waals surface area contributed by atoms with Gasteiger partial charge in [-0.1, -0.05) is 26.0 Å². The van der Waals surface area contributed by atoms with Crippen molar-refractivity contribution in [2.75, 3.05) is 24.2 Å². The smallest absolute Gasteiger partial charge is 0.251 e. The van der Waals surface area contributed by atoms with Crippen molar-refractivity contribution in [2.24, 2.45) is 5.92 Å². The summed E-state index contributed by atoms with van der Waals surface area (Å²) in [6.07, 6.45) is 0.799. The Balaban J connectivity index is 2.18. The topological polar surface area (TPSA) is 75.7 Å². The highest BCUT2D eigenvalue weighted by atomic mass is 32.2. The molecule has 0 aliphatic heterocycles. The lowest BCUT2D eigenvalue weighted by Gasteiger charge is -2.22. The van der Waals surface area contributed by atoms with Crippen LogP contribution in [-0.2, 0) is 10.0 Å². The van der Waals surface area contributed by atoms with E-state index in [1.54, 1.807) is 38.3 Å². The van der Waals surface area contributed by atoms with E-state index in [1.807, 2.05) is 24.3 Å². The number of methoxy groups -OCH3 is 1. The monoisotopic (exact) mass is 418 g/mol. The molecule has 29 heavy (non-hydrogen) atoms. The van der Waals surface area contributed by atoms with Crippen molar-refractivity contribution in [3.05, 3.63) is 59.7 Å². The van der Waals surface area contributed by atoms with Crippen LogP contribution in [0.2, 0.25) is 0 Å². The predicted octanol–water partition coefficient (Wildman–Crippen LogP) is 4.00. The third kappa shape index (κ3) is 5.97. The van der Waals surface area contributed by atoms with Crippen LogP contribution in [0, 0.1) is 5.92 Å². The molecule has 0 spiro atoms. The number of nitrogens with zero attached hydrogens (tertiary/aromatic N) is 1. The van der Waals surface area contributed by atoms with Crippen molar-refractivity contribution in [3.63, 3.8) is 0 Å². The first kappa shape index (κ1) is 22.7. The van der Waals surface area contributed by atoms with Crippen LogP contribution in [-0.4, -0.2) is 34.2 Å². The second-order valence-corrected chi connectivity index (χ2v) is 9.63. The minimum atomic E-state index is -3.34. The maximum Gasteiger partial charge on any atom is 0.251 e. The van der Waals surface area contributed by atoms with Gasteiger partial charge in [-0.2, -0.15) is 0 Å². The Bertz CT molecular complexity index is 907. The molecule has 0 heterocycles. The largest absolute Gasteiger partial charge is 0.497 e. The molecule has 0 saturated carbocycles. The van der Waals surface area contributed by atoms with E-state index in [0.717, 1.165) is 17.7 Å². The standard InChI is InChI=1S/C22H30N2O4S/c1-6-29(26,27)24(4)19-11-7-18(8-12-19)22(25)23-21(15-16(2)3)17-9-13-20(28-5)14-10-17/h7-14,16,21H,6,15H2,1-5H3,(H,23,25)/t21-/m0/s1. The van der Waals surface area contributed by atoms with Gasteiger partial charge in [-0.15, -0.1) is 0 Å². The second kappa shape index (κ2) is 9.78. The van der Waals surface area contributed by atoms with Crippen molar-refractivity contribution in [2.45, 2.75) is 33.2 Å². The highest BCUT2D eigenvalue weighted by Gasteiger charge is 2.19. The SMILES string of the molecule is CCS(=O)(=O)N(C)c1ccc(C(=O)N[C@@H](CC(C)C)c2ccc(OC)cc2)cc1. The van der Waals surface area contributed by atoms with Gasteiger partial charge < -0.3 is 10.1 Å². The van der Waals surface area contributed by atoms with Crippen LogP contribution >= 0.6 is 0 Å². The maximum absolute atomic E-state index is 12.8. The fraction of sp³-hybridized carbons (Fsp3) is 0.409. The molecule has 6 nitrogen and oxygen atoms in total. The summed E-state index contributed by atoms with van der Waals surface area (Å²) in [4.78, 5) is 12.8. The summed E-state index contributed by atoms with van der Waals surface area (Å²) in [7, 11) is -0.206. The average molecular weight is 419 g/mol. The van der Waals surface area contributed by atoms with Crippen LogP contribution in [0.1, 0.15) is 49.2 Å². The molecule has 0 aliphatic rings. The Labute approximate surface area is 173 Å². The molecule has 7 heteroatoms. The average Bonchev–Trinajstić information content (AvgIpc) is 2.72. The number of ether oxygens (including phenoxy) is 1. The quantitative estimate of drug-likeness (QED) is 0.668. The molecule has 0 radical (unpaired) electrons.